The third-order valence-electron chi connectivity index (χ3n) is 4.08. The normalized spacial score (nSPS) is 23.4. The highest BCUT2D eigenvalue weighted by molar-refractivity contribution is 5.79. The smallest absolute Gasteiger partial charge is 0.227 e. The molecule has 2 aliphatic rings. The second-order valence-electron chi connectivity index (χ2n) is 6.15. The first kappa shape index (κ1) is 13.8. The molecule has 4 nitrogen and oxygen atoms in total. The second-order valence-corrected chi connectivity index (χ2v) is 6.15. The van der Waals surface area contributed by atoms with Gasteiger partial charge in [0, 0.05) is 38.8 Å². The summed E-state index contributed by atoms with van der Waals surface area (Å²) in [5.41, 5.74) is 5.76. The van der Waals surface area contributed by atoms with E-state index in [1.807, 2.05) is 4.90 Å². The van der Waals surface area contributed by atoms with Crippen LogP contribution in [0, 0.1) is 11.8 Å². The van der Waals surface area contributed by atoms with E-state index in [-0.39, 0.29) is 11.8 Å². The molecule has 1 atom stereocenters. The first-order valence-corrected chi connectivity index (χ1v) is 7.34. The zero-order valence-electron chi connectivity index (χ0n) is 11.8. The first-order chi connectivity index (χ1) is 8.61. The fraction of sp³-hybridized carbons (Fsp3) is 0.929. The fourth-order valence-corrected chi connectivity index (χ4v) is 2.87. The van der Waals surface area contributed by atoms with Crippen LogP contribution in [0.15, 0.2) is 0 Å². The summed E-state index contributed by atoms with van der Waals surface area (Å²) in [7, 11) is 0. The van der Waals surface area contributed by atoms with Crippen LogP contribution in [0.25, 0.3) is 0 Å². The number of piperazine rings is 1. The van der Waals surface area contributed by atoms with E-state index in [1.165, 1.54) is 12.8 Å². The molecule has 0 aromatic carbocycles. The summed E-state index contributed by atoms with van der Waals surface area (Å²) in [5, 5.41) is 0. The Morgan fingerprint density at radius 1 is 1.22 bits per heavy atom. The molecule has 18 heavy (non-hydrogen) atoms. The van der Waals surface area contributed by atoms with Gasteiger partial charge in [0.2, 0.25) is 5.91 Å². The molecule has 2 N–H and O–H groups in total. The average molecular weight is 253 g/mol. The Kier molecular flexibility index (Phi) is 4.62. The van der Waals surface area contributed by atoms with Gasteiger partial charge in [-0.1, -0.05) is 13.8 Å². The van der Waals surface area contributed by atoms with Crippen LogP contribution in [0.4, 0.5) is 0 Å². The van der Waals surface area contributed by atoms with E-state index in [1.54, 1.807) is 0 Å². The van der Waals surface area contributed by atoms with E-state index in [4.69, 9.17) is 5.73 Å². The summed E-state index contributed by atoms with van der Waals surface area (Å²) in [4.78, 5) is 16.9. The van der Waals surface area contributed by atoms with Crippen LogP contribution < -0.4 is 5.73 Å². The molecule has 2 fully saturated rings. The van der Waals surface area contributed by atoms with Crippen molar-refractivity contribution in [3.63, 3.8) is 0 Å². The molecule has 1 aliphatic heterocycles. The Bertz CT molecular complexity index is 281. The highest BCUT2D eigenvalue weighted by Crippen LogP contribution is 2.27. The van der Waals surface area contributed by atoms with Crippen LogP contribution in [0.1, 0.15) is 33.1 Å². The van der Waals surface area contributed by atoms with Gasteiger partial charge < -0.3 is 10.6 Å². The number of nitrogens with two attached hydrogens (primary N) is 1. The predicted octanol–water partition coefficient (Wildman–Crippen LogP) is 0.914. The number of nitrogens with zero attached hydrogens (tertiary/aromatic N) is 2. The van der Waals surface area contributed by atoms with Gasteiger partial charge in [0.05, 0.1) is 5.92 Å². The van der Waals surface area contributed by atoms with E-state index in [0.717, 1.165) is 38.6 Å². The minimum absolute atomic E-state index is 0.0254. The maximum Gasteiger partial charge on any atom is 0.227 e. The molecule has 0 radical (unpaired) electrons. The monoisotopic (exact) mass is 253 g/mol. The molecule has 1 saturated carbocycles. The molecule has 1 heterocycles. The second kappa shape index (κ2) is 6.02. The molecule has 1 unspecified atom stereocenters. The van der Waals surface area contributed by atoms with Gasteiger partial charge in [-0.3, -0.25) is 9.69 Å². The molecular weight excluding hydrogens is 226 g/mol. The summed E-state index contributed by atoms with van der Waals surface area (Å²) in [6.07, 6.45) is 3.62. The summed E-state index contributed by atoms with van der Waals surface area (Å²) < 4.78 is 0. The van der Waals surface area contributed by atoms with E-state index in [0.29, 0.717) is 12.5 Å². The molecule has 0 aromatic rings. The fourth-order valence-electron chi connectivity index (χ4n) is 2.87. The van der Waals surface area contributed by atoms with Crippen LogP contribution >= 0.6 is 0 Å². The Hall–Kier alpha value is -0.610. The lowest BCUT2D eigenvalue weighted by atomic mass is 9.95. The molecule has 1 aliphatic carbocycles. The van der Waals surface area contributed by atoms with Gasteiger partial charge in [-0.15, -0.1) is 0 Å². The molecule has 0 bridgehead atoms. The first-order valence-electron chi connectivity index (χ1n) is 7.34. The van der Waals surface area contributed by atoms with Gasteiger partial charge in [0.15, 0.2) is 0 Å². The molecule has 0 spiro atoms. The van der Waals surface area contributed by atoms with Crippen LogP contribution in [0.5, 0.6) is 0 Å². The molecule has 104 valence electrons. The minimum atomic E-state index is 0.0254. The van der Waals surface area contributed by atoms with Gasteiger partial charge in [-0.25, -0.2) is 0 Å². The number of carbonyl (C=O) groups is 1. The Labute approximate surface area is 110 Å². The van der Waals surface area contributed by atoms with E-state index in [9.17, 15) is 4.79 Å². The third kappa shape index (κ3) is 3.45. The zero-order chi connectivity index (χ0) is 13.1. The lowest BCUT2D eigenvalue weighted by Gasteiger charge is -2.36. The van der Waals surface area contributed by atoms with Crippen molar-refractivity contribution in [1.29, 1.82) is 0 Å². The Morgan fingerprint density at radius 2 is 1.83 bits per heavy atom. The molecule has 4 heteroatoms. The van der Waals surface area contributed by atoms with Crippen molar-refractivity contribution < 1.29 is 4.79 Å². The maximum atomic E-state index is 12.4. The highest BCUT2D eigenvalue weighted by atomic mass is 16.2. The maximum absolute atomic E-state index is 12.4. The summed E-state index contributed by atoms with van der Waals surface area (Å²) >= 11 is 0. The summed E-state index contributed by atoms with van der Waals surface area (Å²) in [5.74, 6) is 0.842. The van der Waals surface area contributed by atoms with E-state index >= 15 is 0 Å². The SMILES string of the molecule is CC(C)CC(CN)C(=O)N1CCN(C2CC2)CC1. The van der Waals surface area contributed by atoms with Gasteiger partial charge in [-0.05, 0) is 25.2 Å². The highest BCUT2D eigenvalue weighted by Gasteiger charge is 2.33. The molecule has 2 rings (SSSR count). The average Bonchev–Trinajstić information content (AvgIpc) is 3.19. The van der Waals surface area contributed by atoms with Gasteiger partial charge in [0.25, 0.3) is 0 Å². The van der Waals surface area contributed by atoms with E-state index < -0.39 is 0 Å². The predicted molar refractivity (Wildman–Crippen MR) is 73.2 cm³/mol. The zero-order valence-corrected chi connectivity index (χ0v) is 11.8. The van der Waals surface area contributed by atoms with Crippen LogP contribution in [0.3, 0.4) is 0 Å². The van der Waals surface area contributed by atoms with Crippen molar-refractivity contribution in [2.45, 2.75) is 39.2 Å². The number of amides is 1. The van der Waals surface area contributed by atoms with Crippen molar-refractivity contribution in [2.24, 2.45) is 17.6 Å². The quantitative estimate of drug-likeness (QED) is 0.792. The van der Waals surface area contributed by atoms with Crippen molar-refractivity contribution in [2.75, 3.05) is 32.7 Å². The number of rotatable bonds is 5. The van der Waals surface area contributed by atoms with Crippen molar-refractivity contribution in [1.82, 2.24) is 9.80 Å². The van der Waals surface area contributed by atoms with Gasteiger partial charge in [0.1, 0.15) is 0 Å². The van der Waals surface area contributed by atoms with Crippen LogP contribution in [-0.4, -0.2) is 54.5 Å². The minimum Gasteiger partial charge on any atom is -0.340 e. The number of hydrogen-bond acceptors (Lipinski definition) is 3. The number of carbonyl (C=O) groups excluding carboxylic acids is 1. The third-order valence-corrected chi connectivity index (χ3v) is 4.08. The van der Waals surface area contributed by atoms with Crippen molar-refractivity contribution in [3.05, 3.63) is 0 Å². The summed E-state index contributed by atoms with van der Waals surface area (Å²) in [6, 6.07) is 0.822. The largest absolute Gasteiger partial charge is 0.340 e. The lowest BCUT2D eigenvalue weighted by Crippen LogP contribution is -2.51. The van der Waals surface area contributed by atoms with Crippen molar-refractivity contribution >= 4 is 5.91 Å². The molecule has 0 aromatic heterocycles. The van der Waals surface area contributed by atoms with Crippen molar-refractivity contribution in [3.8, 4) is 0 Å². The standard InChI is InChI=1S/C14H27N3O/c1-11(2)9-12(10-15)14(18)17-7-5-16(6-8-17)13-3-4-13/h11-13H,3-10,15H2,1-2H3. The lowest BCUT2D eigenvalue weighted by molar-refractivity contribution is -0.137. The Morgan fingerprint density at radius 3 is 2.28 bits per heavy atom. The molecular formula is C14H27N3O. The topological polar surface area (TPSA) is 49.6 Å². The van der Waals surface area contributed by atoms with Gasteiger partial charge >= 0.3 is 0 Å². The Balaban J connectivity index is 1.81. The summed E-state index contributed by atoms with van der Waals surface area (Å²) in [6.45, 7) is 8.68. The number of hydrogen-bond donors (Lipinski definition) is 1. The van der Waals surface area contributed by atoms with Gasteiger partial charge in [-0.2, -0.15) is 0 Å². The molecule has 1 saturated heterocycles. The van der Waals surface area contributed by atoms with E-state index in [2.05, 4.69) is 18.7 Å². The molecule has 1 amide bonds. The van der Waals surface area contributed by atoms with Crippen LogP contribution in [-0.2, 0) is 4.79 Å². The van der Waals surface area contributed by atoms with Crippen LogP contribution in [0.2, 0.25) is 0 Å².